The van der Waals surface area contributed by atoms with E-state index in [-0.39, 0.29) is 5.91 Å². The van der Waals surface area contributed by atoms with E-state index in [1.54, 1.807) is 4.90 Å². The molecule has 3 aliphatic rings. The quantitative estimate of drug-likeness (QED) is 0.682. The zero-order valence-corrected chi connectivity index (χ0v) is 18.4. The van der Waals surface area contributed by atoms with Gasteiger partial charge in [-0.25, -0.2) is 4.99 Å². The van der Waals surface area contributed by atoms with Crippen LogP contribution >= 0.6 is 11.6 Å². The molecule has 7 heteroatoms. The smallest absolute Gasteiger partial charge is 0.284 e. The van der Waals surface area contributed by atoms with Gasteiger partial charge in [0.1, 0.15) is 11.5 Å². The number of fused-ring (bicyclic) bond motifs is 3. The normalized spacial score (nSPS) is 20.7. The number of rotatable bonds is 2. The fourth-order valence-electron chi connectivity index (χ4n) is 4.30. The van der Waals surface area contributed by atoms with Crippen molar-refractivity contribution in [2.24, 2.45) is 9.98 Å². The third-order valence-corrected chi connectivity index (χ3v) is 6.34. The van der Waals surface area contributed by atoms with Gasteiger partial charge in [-0.3, -0.25) is 14.7 Å². The maximum absolute atomic E-state index is 13.6. The Hall–Kier alpha value is -2.96. The Labute approximate surface area is 187 Å². The monoisotopic (exact) mass is 433 g/mol. The maximum Gasteiger partial charge on any atom is 0.284 e. The minimum absolute atomic E-state index is 0.0977. The predicted molar refractivity (Wildman–Crippen MR) is 125 cm³/mol. The molecule has 31 heavy (non-hydrogen) atoms. The predicted octanol–water partition coefficient (Wildman–Crippen LogP) is 3.42. The highest BCUT2D eigenvalue weighted by molar-refractivity contribution is 6.34. The van der Waals surface area contributed by atoms with Crippen molar-refractivity contribution < 1.29 is 4.79 Å². The lowest BCUT2D eigenvalue weighted by Gasteiger charge is -2.34. The van der Waals surface area contributed by atoms with E-state index in [0.717, 1.165) is 54.4 Å². The second-order valence-corrected chi connectivity index (χ2v) is 8.52. The number of carbonyl (C=O) groups is 1. The molecule has 3 aliphatic heterocycles. The van der Waals surface area contributed by atoms with Crippen molar-refractivity contribution in [1.82, 2.24) is 9.80 Å². The number of anilines is 1. The van der Waals surface area contributed by atoms with Crippen LogP contribution in [-0.2, 0) is 4.79 Å². The van der Waals surface area contributed by atoms with Crippen molar-refractivity contribution in [3.05, 3.63) is 76.1 Å². The lowest BCUT2D eigenvalue weighted by atomic mass is 10.00. The number of piperazine rings is 1. The van der Waals surface area contributed by atoms with Crippen molar-refractivity contribution >= 4 is 34.7 Å². The molecule has 1 amide bonds. The Kier molecular flexibility index (Phi) is 5.12. The first-order chi connectivity index (χ1) is 15.0. The minimum atomic E-state index is -0.0977. The van der Waals surface area contributed by atoms with Crippen LogP contribution in [0, 0.1) is 0 Å². The second kappa shape index (κ2) is 7.94. The molecule has 3 heterocycles. The molecule has 2 aromatic carbocycles. The molecule has 0 radical (unpaired) electrons. The molecule has 0 spiro atoms. The number of amidine groups is 1. The lowest BCUT2D eigenvalue weighted by Crippen LogP contribution is -2.44. The molecule has 0 N–H and O–H groups in total. The Morgan fingerprint density at radius 1 is 1.03 bits per heavy atom. The zero-order valence-electron chi connectivity index (χ0n) is 17.7. The summed E-state index contributed by atoms with van der Waals surface area (Å²) in [6, 6.07) is 15.6. The van der Waals surface area contributed by atoms with Gasteiger partial charge in [-0.1, -0.05) is 41.9 Å². The van der Waals surface area contributed by atoms with Gasteiger partial charge in [0.15, 0.2) is 0 Å². The van der Waals surface area contributed by atoms with Crippen molar-refractivity contribution in [3.8, 4) is 0 Å². The number of nitrogens with zero attached hydrogens (tertiary/aromatic N) is 5. The Bertz CT molecular complexity index is 1130. The Morgan fingerprint density at radius 3 is 2.52 bits per heavy atom. The van der Waals surface area contributed by atoms with Gasteiger partial charge in [0.2, 0.25) is 0 Å². The summed E-state index contributed by atoms with van der Waals surface area (Å²) >= 11 is 6.35. The summed E-state index contributed by atoms with van der Waals surface area (Å²) in [5.74, 6) is 0.558. The van der Waals surface area contributed by atoms with Crippen LogP contribution in [0.5, 0.6) is 0 Å². The van der Waals surface area contributed by atoms with Gasteiger partial charge < -0.3 is 9.80 Å². The van der Waals surface area contributed by atoms with E-state index < -0.39 is 0 Å². The van der Waals surface area contributed by atoms with Crippen LogP contribution in [0.2, 0.25) is 5.02 Å². The van der Waals surface area contributed by atoms with Gasteiger partial charge in [0.25, 0.3) is 5.91 Å². The third-order valence-electron chi connectivity index (χ3n) is 6.11. The van der Waals surface area contributed by atoms with Gasteiger partial charge >= 0.3 is 0 Å². The molecule has 0 aliphatic carbocycles. The average molecular weight is 434 g/mol. The SMILES string of the molecule is CC(=C1N=C2CN=C(c3ccccc3)c3cc(Cl)ccc3N2C1=O)N1CCN(C)CC1. The fourth-order valence-corrected chi connectivity index (χ4v) is 4.47. The number of hydrogen-bond donors (Lipinski definition) is 0. The topological polar surface area (TPSA) is 51.5 Å². The lowest BCUT2D eigenvalue weighted by molar-refractivity contribution is -0.114. The molecule has 0 unspecified atom stereocenters. The van der Waals surface area contributed by atoms with E-state index in [1.165, 1.54) is 0 Å². The number of carbonyl (C=O) groups excluding carboxylic acids is 1. The van der Waals surface area contributed by atoms with Crippen LogP contribution in [0.15, 0.2) is 69.9 Å². The molecule has 1 fully saturated rings. The second-order valence-electron chi connectivity index (χ2n) is 8.09. The summed E-state index contributed by atoms with van der Waals surface area (Å²) in [5, 5.41) is 0.610. The van der Waals surface area contributed by atoms with Gasteiger partial charge in [-0.2, -0.15) is 0 Å². The molecule has 2 aromatic rings. The standard InChI is InChI=1S/C24H24ClN5O/c1-16(29-12-10-28(2)11-13-29)22-24(31)30-20-9-8-18(25)14-19(20)23(26-15-21(30)27-22)17-6-4-3-5-7-17/h3-9,14H,10-13,15H2,1-2H3. The van der Waals surface area contributed by atoms with E-state index in [1.807, 2.05) is 55.5 Å². The number of likely N-dealkylation sites (N-methyl/N-ethyl adjacent to an activating group) is 1. The van der Waals surface area contributed by atoms with Crippen molar-refractivity contribution in [3.63, 3.8) is 0 Å². The summed E-state index contributed by atoms with van der Waals surface area (Å²) in [6.07, 6.45) is 0. The number of aliphatic imine (C=N–C) groups is 2. The zero-order chi connectivity index (χ0) is 21.5. The molecule has 5 rings (SSSR count). The summed E-state index contributed by atoms with van der Waals surface area (Å²) < 4.78 is 0. The highest BCUT2D eigenvalue weighted by atomic mass is 35.5. The van der Waals surface area contributed by atoms with Gasteiger partial charge in [-0.15, -0.1) is 0 Å². The molecular formula is C24H24ClN5O. The van der Waals surface area contributed by atoms with Crippen LogP contribution < -0.4 is 4.90 Å². The largest absolute Gasteiger partial charge is 0.371 e. The van der Waals surface area contributed by atoms with E-state index in [0.29, 0.717) is 23.1 Å². The number of amides is 1. The number of halogens is 1. The van der Waals surface area contributed by atoms with Crippen LogP contribution in [0.4, 0.5) is 5.69 Å². The van der Waals surface area contributed by atoms with Gasteiger partial charge in [-0.05, 0) is 32.2 Å². The van der Waals surface area contributed by atoms with Crippen molar-refractivity contribution in [2.45, 2.75) is 6.92 Å². The van der Waals surface area contributed by atoms with Crippen LogP contribution in [0.1, 0.15) is 18.1 Å². The van der Waals surface area contributed by atoms with Gasteiger partial charge in [0, 0.05) is 48.0 Å². The first-order valence-electron chi connectivity index (χ1n) is 10.5. The average Bonchev–Trinajstić information content (AvgIpc) is 3.01. The van der Waals surface area contributed by atoms with E-state index in [4.69, 9.17) is 21.6 Å². The van der Waals surface area contributed by atoms with Gasteiger partial charge in [0.05, 0.1) is 17.9 Å². The summed E-state index contributed by atoms with van der Waals surface area (Å²) in [4.78, 5) is 29.5. The minimum Gasteiger partial charge on any atom is -0.371 e. The van der Waals surface area contributed by atoms with E-state index >= 15 is 0 Å². The molecular weight excluding hydrogens is 410 g/mol. The van der Waals surface area contributed by atoms with Crippen LogP contribution in [0.25, 0.3) is 0 Å². The number of hydrogen-bond acceptors (Lipinski definition) is 5. The molecule has 0 atom stereocenters. The van der Waals surface area contributed by atoms with E-state index in [2.05, 4.69) is 16.8 Å². The Morgan fingerprint density at radius 2 is 1.77 bits per heavy atom. The number of allylic oxidation sites excluding steroid dienone is 1. The number of benzene rings is 2. The summed E-state index contributed by atoms with van der Waals surface area (Å²) in [6.45, 7) is 6.08. The summed E-state index contributed by atoms with van der Waals surface area (Å²) in [5.41, 5.74) is 4.87. The Balaban J connectivity index is 1.59. The van der Waals surface area contributed by atoms with Crippen molar-refractivity contribution in [2.75, 3.05) is 44.7 Å². The molecule has 6 nitrogen and oxygen atoms in total. The van der Waals surface area contributed by atoms with Crippen molar-refractivity contribution in [1.29, 1.82) is 0 Å². The highest BCUT2D eigenvalue weighted by Crippen LogP contribution is 2.34. The molecule has 158 valence electrons. The first-order valence-corrected chi connectivity index (χ1v) is 10.9. The molecule has 0 aromatic heterocycles. The van der Waals surface area contributed by atoms with Crippen LogP contribution in [-0.4, -0.2) is 67.0 Å². The maximum atomic E-state index is 13.6. The summed E-state index contributed by atoms with van der Waals surface area (Å²) in [7, 11) is 2.12. The first kappa shape index (κ1) is 20.0. The molecule has 0 bridgehead atoms. The fraction of sp³-hybridized carbons (Fsp3) is 0.292. The third kappa shape index (κ3) is 3.56. The van der Waals surface area contributed by atoms with Crippen LogP contribution in [0.3, 0.4) is 0 Å². The highest BCUT2D eigenvalue weighted by Gasteiger charge is 2.37. The molecule has 0 saturated carbocycles. The van der Waals surface area contributed by atoms with E-state index in [9.17, 15) is 4.79 Å². The molecule has 1 saturated heterocycles.